The molecule has 0 saturated heterocycles. The molecule has 0 aliphatic carbocycles. The first-order chi connectivity index (χ1) is 8.99. The van der Waals surface area contributed by atoms with Gasteiger partial charge in [-0.15, -0.1) is 0 Å². The molecule has 0 atom stereocenters. The van der Waals surface area contributed by atoms with Gasteiger partial charge in [-0.2, -0.15) is 10.5 Å². The number of carboxylic acids is 1. The van der Waals surface area contributed by atoms with Gasteiger partial charge in [0, 0.05) is 12.3 Å². The van der Waals surface area contributed by atoms with Gasteiger partial charge in [0.05, 0.1) is 10.5 Å². The fourth-order valence-corrected chi connectivity index (χ4v) is 1.18. The van der Waals surface area contributed by atoms with Crippen molar-refractivity contribution in [2.45, 2.75) is 0 Å². The van der Waals surface area contributed by atoms with E-state index in [1.807, 2.05) is 0 Å². The molecule has 1 aromatic rings. The van der Waals surface area contributed by atoms with Crippen LogP contribution in [-0.4, -0.2) is 16.0 Å². The molecule has 0 heterocycles. The van der Waals surface area contributed by atoms with Crippen LogP contribution in [0.3, 0.4) is 0 Å². The van der Waals surface area contributed by atoms with Crippen molar-refractivity contribution in [3.63, 3.8) is 0 Å². The van der Waals surface area contributed by atoms with Gasteiger partial charge in [-0.25, -0.2) is 4.79 Å². The number of nitro groups is 1. The van der Waals surface area contributed by atoms with Crippen molar-refractivity contribution in [1.29, 1.82) is 10.5 Å². The minimum atomic E-state index is -1.29. The summed E-state index contributed by atoms with van der Waals surface area (Å²) in [4.78, 5) is 20.7. The first-order valence-electron chi connectivity index (χ1n) is 4.78. The summed E-state index contributed by atoms with van der Waals surface area (Å²) in [6.07, 6.45) is 1.00. The maximum absolute atomic E-state index is 10.8. The molecule has 0 aliphatic heterocycles. The van der Waals surface area contributed by atoms with Gasteiger partial charge in [-0.05, 0) is 12.1 Å². The van der Waals surface area contributed by atoms with Crippen molar-refractivity contribution in [1.82, 2.24) is 0 Å². The number of hydrogen-bond acceptors (Lipinski definition) is 6. The fourth-order valence-electron chi connectivity index (χ4n) is 1.18. The van der Waals surface area contributed by atoms with Crippen molar-refractivity contribution in [2.24, 2.45) is 0 Å². The minimum Gasteiger partial charge on any atom is -0.478 e. The van der Waals surface area contributed by atoms with Crippen LogP contribution < -0.4 is 5.32 Å². The van der Waals surface area contributed by atoms with Gasteiger partial charge in [0.25, 0.3) is 5.69 Å². The molecular weight excluding hydrogens is 252 g/mol. The number of hydrogen-bond donors (Lipinski definition) is 2. The Hall–Kier alpha value is -3.39. The molecule has 2 N–H and O–H groups in total. The molecular formula is C11H6N4O4. The Labute approximate surface area is 107 Å². The van der Waals surface area contributed by atoms with Gasteiger partial charge in [0.15, 0.2) is 0 Å². The average Bonchev–Trinajstić information content (AvgIpc) is 2.39. The van der Waals surface area contributed by atoms with E-state index in [-0.39, 0.29) is 16.8 Å². The lowest BCUT2D eigenvalue weighted by molar-refractivity contribution is -0.384. The third-order valence-electron chi connectivity index (χ3n) is 2.05. The molecule has 1 aromatic carbocycles. The maximum Gasteiger partial charge on any atom is 0.335 e. The van der Waals surface area contributed by atoms with Crippen LogP contribution >= 0.6 is 0 Å². The SMILES string of the molecule is N#CC(C#N)=CNc1ccc(C(=O)O)cc1[N+](=O)[O-]. The predicted molar refractivity (Wildman–Crippen MR) is 63.0 cm³/mol. The molecule has 0 aromatic heterocycles. The van der Waals surface area contributed by atoms with Crippen LogP contribution in [0.4, 0.5) is 11.4 Å². The smallest absolute Gasteiger partial charge is 0.335 e. The number of rotatable bonds is 4. The molecule has 0 aliphatic rings. The standard InChI is InChI=1S/C11H6N4O4/c12-4-7(5-13)6-14-9-2-1-8(11(16)17)3-10(9)15(18)19/h1-3,6,14H,(H,16,17). The van der Waals surface area contributed by atoms with E-state index < -0.39 is 16.6 Å². The van der Waals surface area contributed by atoms with Gasteiger partial charge in [-0.3, -0.25) is 10.1 Å². The van der Waals surface area contributed by atoms with Crippen molar-refractivity contribution in [2.75, 3.05) is 5.32 Å². The molecule has 0 amide bonds. The Bertz CT molecular complexity index is 636. The van der Waals surface area contributed by atoms with E-state index in [9.17, 15) is 14.9 Å². The zero-order valence-corrected chi connectivity index (χ0v) is 9.32. The van der Waals surface area contributed by atoms with E-state index >= 15 is 0 Å². The highest BCUT2D eigenvalue weighted by atomic mass is 16.6. The van der Waals surface area contributed by atoms with Gasteiger partial charge in [0.1, 0.15) is 23.4 Å². The van der Waals surface area contributed by atoms with E-state index in [0.29, 0.717) is 0 Å². The highest BCUT2D eigenvalue weighted by Crippen LogP contribution is 2.25. The maximum atomic E-state index is 10.8. The van der Waals surface area contributed by atoms with Crippen LogP contribution in [0.2, 0.25) is 0 Å². The summed E-state index contributed by atoms with van der Waals surface area (Å²) >= 11 is 0. The first-order valence-corrected chi connectivity index (χ1v) is 4.78. The number of aromatic carboxylic acids is 1. The topological polar surface area (TPSA) is 140 Å². The fraction of sp³-hybridized carbons (Fsp3) is 0. The Kier molecular flexibility index (Phi) is 4.17. The zero-order valence-electron chi connectivity index (χ0n) is 9.32. The van der Waals surface area contributed by atoms with Gasteiger partial charge >= 0.3 is 5.97 Å². The summed E-state index contributed by atoms with van der Waals surface area (Å²) < 4.78 is 0. The lowest BCUT2D eigenvalue weighted by Crippen LogP contribution is -2.01. The molecule has 0 radical (unpaired) electrons. The number of nitriles is 2. The lowest BCUT2D eigenvalue weighted by atomic mass is 10.1. The van der Waals surface area contributed by atoms with E-state index in [2.05, 4.69) is 5.32 Å². The number of nitrogens with zero attached hydrogens (tertiary/aromatic N) is 3. The summed E-state index contributed by atoms with van der Waals surface area (Å²) in [5, 5.41) is 39.0. The van der Waals surface area contributed by atoms with E-state index in [4.69, 9.17) is 15.6 Å². The Morgan fingerprint density at radius 2 is 2.05 bits per heavy atom. The van der Waals surface area contributed by atoms with Crippen LogP contribution in [0.5, 0.6) is 0 Å². The number of anilines is 1. The molecule has 0 spiro atoms. The van der Waals surface area contributed by atoms with Gasteiger partial charge < -0.3 is 10.4 Å². The molecule has 0 saturated carbocycles. The van der Waals surface area contributed by atoms with Crippen molar-refractivity contribution >= 4 is 17.3 Å². The zero-order chi connectivity index (χ0) is 14.4. The molecule has 1 rings (SSSR count). The van der Waals surface area contributed by atoms with Crippen LogP contribution in [0.25, 0.3) is 0 Å². The number of allylic oxidation sites excluding steroid dienone is 1. The Morgan fingerprint density at radius 1 is 1.42 bits per heavy atom. The molecule has 0 unspecified atom stereocenters. The first kappa shape index (κ1) is 13.7. The summed E-state index contributed by atoms with van der Waals surface area (Å²) in [6.45, 7) is 0. The minimum absolute atomic E-state index is 0.0157. The monoisotopic (exact) mass is 258 g/mol. The average molecular weight is 258 g/mol. The number of nitrogens with one attached hydrogen (secondary N) is 1. The second-order valence-electron chi connectivity index (χ2n) is 3.22. The van der Waals surface area contributed by atoms with E-state index in [1.165, 1.54) is 12.1 Å². The second kappa shape index (κ2) is 5.80. The third-order valence-corrected chi connectivity index (χ3v) is 2.05. The van der Waals surface area contributed by atoms with E-state index in [1.54, 1.807) is 12.1 Å². The molecule has 8 nitrogen and oxygen atoms in total. The van der Waals surface area contributed by atoms with Gasteiger partial charge in [0.2, 0.25) is 0 Å². The molecule has 19 heavy (non-hydrogen) atoms. The lowest BCUT2D eigenvalue weighted by Gasteiger charge is -2.03. The molecule has 94 valence electrons. The second-order valence-corrected chi connectivity index (χ2v) is 3.22. The Balaban J connectivity index is 3.19. The number of carboxylic acid groups (broad SMARTS) is 1. The summed E-state index contributed by atoms with van der Waals surface area (Å²) in [6, 6.07) is 6.39. The van der Waals surface area contributed by atoms with Crippen LogP contribution in [0, 0.1) is 32.8 Å². The molecule has 0 fully saturated rings. The van der Waals surface area contributed by atoms with E-state index in [0.717, 1.165) is 12.3 Å². The number of carbonyl (C=O) groups is 1. The van der Waals surface area contributed by atoms with Crippen molar-refractivity contribution < 1.29 is 14.8 Å². The van der Waals surface area contributed by atoms with Gasteiger partial charge in [-0.1, -0.05) is 0 Å². The molecule has 0 bridgehead atoms. The van der Waals surface area contributed by atoms with Crippen LogP contribution in [0.15, 0.2) is 30.0 Å². The third kappa shape index (κ3) is 3.28. The number of nitro benzene ring substituents is 1. The van der Waals surface area contributed by atoms with Crippen LogP contribution in [-0.2, 0) is 0 Å². The molecule has 8 heteroatoms. The highest BCUT2D eigenvalue weighted by molar-refractivity contribution is 5.89. The van der Waals surface area contributed by atoms with Crippen LogP contribution in [0.1, 0.15) is 10.4 Å². The Morgan fingerprint density at radius 3 is 2.53 bits per heavy atom. The number of benzene rings is 1. The summed E-state index contributed by atoms with van der Waals surface area (Å²) in [5.41, 5.74) is -0.983. The predicted octanol–water partition coefficient (Wildman–Crippen LogP) is 1.64. The van der Waals surface area contributed by atoms with Crippen molar-refractivity contribution in [3.05, 3.63) is 45.6 Å². The summed E-state index contributed by atoms with van der Waals surface area (Å²) in [7, 11) is 0. The normalized spacial score (nSPS) is 8.74. The summed E-state index contributed by atoms with van der Waals surface area (Å²) in [5.74, 6) is -1.29. The highest BCUT2D eigenvalue weighted by Gasteiger charge is 2.16. The largest absolute Gasteiger partial charge is 0.478 e. The van der Waals surface area contributed by atoms with Crippen molar-refractivity contribution in [3.8, 4) is 12.1 Å². The quantitative estimate of drug-likeness (QED) is 0.475.